The van der Waals surface area contributed by atoms with Gasteiger partial charge in [0.25, 0.3) is 0 Å². The third kappa shape index (κ3) is 5.43. The Kier molecular flexibility index (Phi) is 8.48. The van der Waals surface area contributed by atoms with Crippen molar-refractivity contribution < 1.29 is 89.1 Å². The van der Waals surface area contributed by atoms with E-state index in [1.165, 1.54) is 0 Å². The molecule has 36 heavy (non-hydrogen) atoms. The van der Waals surface area contributed by atoms with Gasteiger partial charge in [-0.25, -0.2) is 14.4 Å². The van der Waals surface area contributed by atoms with Gasteiger partial charge < -0.3 is 74.7 Å². The predicted octanol–water partition coefficient (Wildman–Crippen LogP) is -6.14. The molecule has 0 radical (unpaired) electrons. The van der Waals surface area contributed by atoms with Gasteiger partial charge in [0.15, 0.2) is 24.8 Å². The van der Waals surface area contributed by atoms with Gasteiger partial charge in [-0.3, -0.25) is 0 Å². The van der Waals surface area contributed by atoms with E-state index in [1.54, 1.807) is 0 Å². The van der Waals surface area contributed by atoms with Crippen LogP contribution in [0.15, 0.2) is 11.8 Å². The smallest absolute Gasteiger partial charge is 0.371 e. The molecule has 10 N–H and O–H groups in total. The molecule has 13 unspecified atom stereocenters. The van der Waals surface area contributed by atoms with Crippen LogP contribution in [0, 0.1) is 0 Å². The van der Waals surface area contributed by atoms with Crippen molar-refractivity contribution in [2.75, 3.05) is 0 Å². The zero-order valence-electron chi connectivity index (χ0n) is 17.8. The van der Waals surface area contributed by atoms with E-state index in [-0.39, 0.29) is 0 Å². The number of rotatable bonds is 7. The van der Waals surface area contributed by atoms with E-state index < -0.39 is 104 Å². The number of hydrogen-bond donors (Lipinski definition) is 10. The molecule has 204 valence electrons. The van der Waals surface area contributed by atoms with Crippen LogP contribution in [0.1, 0.15) is 0 Å². The Morgan fingerprint density at radius 3 is 1.69 bits per heavy atom. The van der Waals surface area contributed by atoms with Crippen LogP contribution in [0.25, 0.3) is 0 Å². The molecule has 0 aliphatic carbocycles. The summed E-state index contributed by atoms with van der Waals surface area (Å²) < 4.78 is 24.9. The maximum atomic E-state index is 11.8. The van der Waals surface area contributed by atoms with Crippen LogP contribution in [0.5, 0.6) is 0 Å². The van der Waals surface area contributed by atoms with Gasteiger partial charge in [-0.15, -0.1) is 0 Å². The van der Waals surface area contributed by atoms with Crippen LogP contribution in [-0.2, 0) is 38.1 Å². The Morgan fingerprint density at radius 1 is 0.667 bits per heavy atom. The largest absolute Gasteiger partial charge is 0.479 e. The number of aliphatic carboxylic acids is 3. The fourth-order valence-electron chi connectivity index (χ4n) is 3.69. The molecule has 0 aromatic rings. The van der Waals surface area contributed by atoms with E-state index in [9.17, 15) is 60.3 Å². The molecule has 0 amide bonds. The first kappa shape index (κ1) is 28.1. The maximum Gasteiger partial charge on any atom is 0.371 e. The molecule has 18 nitrogen and oxygen atoms in total. The Hall–Kier alpha value is -2.49. The van der Waals surface area contributed by atoms with Crippen molar-refractivity contribution in [1.29, 1.82) is 0 Å². The van der Waals surface area contributed by atoms with Gasteiger partial charge in [0.2, 0.25) is 12.0 Å². The SMILES string of the molecule is O=C(O)C1=CC(O)C(O)C(OC2C(C(=O)O)OC(OC3C(C(=O)O)OC(O)C(O)C3O)C(O)C2O)O1. The standard InChI is InChI=1S/C18H24O18/c19-2-1-3(13(25)26)32-17(4(2)20)34-10-6(22)8(24)18(36-12(10)15(29)30)35-9-5(21)7(23)16(31)33-11(9)14(27)28/h1-2,4-12,16-24,31H,(H,25,26)(H,27,28)(H,29,30). The van der Waals surface area contributed by atoms with Gasteiger partial charge in [-0.1, -0.05) is 0 Å². The second-order valence-corrected chi connectivity index (χ2v) is 8.02. The second-order valence-electron chi connectivity index (χ2n) is 8.02. The highest BCUT2D eigenvalue weighted by molar-refractivity contribution is 5.84. The number of ether oxygens (including phenoxy) is 5. The molecule has 3 heterocycles. The summed E-state index contributed by atoms with van der Waals surface area (Å²) in [5, 5.41) is 98.1. The van der Waals surface area contributed by atoms with E-state index in [0.29, 0.717) is 6.08 Å². The Bertz CT molecular complexity index is 876. The van der Waals surface area contributed by atoms with E-state index in [2.05, 4.69) is 4.74 Å². The summed E-state index contributed by atoms with van der Waals surface area (Å²) in [4.78, 5) is 34.4. The summed E-state index contributed by atoms with van der Waals surface area (Å²) in [5.41, 5.74) is 0. The molecule has 0 saturated carbocycles. The fraction of sp³-hybridized carbons (Fsp3) is 0.722. The zero-order chi connectivity index (χ0) is 27.1. The lowest BCUT2D eigenvalue weighted by atomic mass is 9.96. The molecule has 0 aromatic heterocycles. The number of carbonyl (C=O) groups is 3. The van der Waals surface area contributed by atoms with Gasteiger partial charge in [-0.05, 0) is 6.08 Å². The average Bonchev–Trinajstić information content (AvgIpc) is 2.80. The molecule has 2 saturated heterocycles. The van der Waals surface area contributed by atoms with Gasteiger partial charge in [0, 0.05) is 0 Å². The van der Waals surface area contributed by atoms with Gasteiger partial charge in [0.1, 0.15) is 48.8 Å². The Morgan fingerprint density at radius 2 is 1.17 bits per heavy atom. The fourth-order valence-corrected chi connectivity index (χ4v) is 3.69. The summed E-state index contributed by atoms with van der Waals surface area (Å²) in [6.07, 6.45) is -26.7. The van der Waals surface area contributed by atoms with Crippen molar-refractivity contribution in [1.82, 2.24) is 0 Å². The van der Waals surface area contributed by atoms with Gasteiger partial charge in [-0.2, -0.15) is 0 Å². The van der Waals surface area contributed by atoms with Crippen molar-refractivity contribution in [3.05, 3.63) is 11.8 Å². The summed E-state index contributed by atoms with van der Waals surface area (Å²) in [5.74, 6) is -6.17. The number of carboxylic acid groups (broad SMARTS) is 3. The summed E-state index contributed by atoms with van der Waals surface area (Å²) in [7, 11) is 0. The Balaban J connectivity index is 1.81. The third-order valence-corrected chi connectivity index (χ3v) is 5.58. The molecule has 3 aliphatic rings. The first-order valence-corrected chi connectivity index (χ1v) is 10.2. The highest BCUT2D eigenvalue weighted by Crippen LogP contribution is 2.32. The van der Waals surface area contributed by atoms with Crippen LogP contribution >= 0.6 is 0 Å². The number of aliphatic hydroxyl groups is 7. The minimum atomic E-state index is -2.24. The molecule has 2 fully saturated rings. The first-order chi connectivity index (χ1) is 16.7. The van der Waals surface area contributed by atoms with Crippen LogP contribution in [0.2, 0.25) is 0 Å². The average molecular weight is 528 g/mol. The van der Waals surface area contributed by atoms with Crippen LogP contribution < -0.4 is 0 Å². The molecule has 0 bridgehead atoms. The Labute approximate surface area is 199 Å². The second kappa shape index (κ2) is 10.9. The van der Waals surface area contributed by atoms with Crippen molar-refractivity contribution in [3.63, 3.8) is 0 Å². The number of aliphatic hydroxyl groups excluding tert-OH is 7. The quantitative estimate of drug-likeness (QED) is 0.147. The van der Waals surface area contributed by atoms with Crippen molar-refractivity contribution in [2.24, 2.45) is 0 Å². The van der Waals surface area contributed by atoms with Crippen molar-refractivity contribution in [3.8, 4) is 0 Å². The zero-order valence-corrected chi connectivity index (χ0v) is 17.8. The summed E-state index contributed by atoms with van der Waals surface area (Å²) in [6.45, 7) is 0. The lowest BCUT2D eigenvalue weighted by Crippen LogP contribution is -2.66. The number of carboxylic acids is 3. The monoisotopic (exact) mass is 528 g/mol. The lowest BCUT2D eigenvalue weighted by molar-refractivity contribution is -0.358. The van der Waals surface area contributed by atoms with Crippen LogP contribution in [0.3, 0.4) is 0 Å². The lowest BCUT2D eigenvalue weighted by Gasteiger charge is -2.45. The predicted molar refractivity (Wildman–Crippen MR) is 101 cm³/mol. The molecule has 18 heteroatoms. The summed E-state index contributed by atoms with van der Waals surface area (Å²) >= 11 is 0. The van der Waals surface area contributed by atoms with E-state index in [1.807, 2.05) is 0 Å². The van der Waals surface area contributed by atoms with Crippen molar-refractivity contribution in [2.45, 2.75) is 79.9 Å². The minimum absolute atomic E-state index is 0.635. The minimum Gasteiger partial charge on any atom is -0.479 e. The van der Waals surface area contributed by atoms with Crippen LogP contribution in [-0.4, -0.2) is 149 Å². The molecular formula is C18H24O18. The maximum absolute atomic E-state index is 11.8. The molecular weight excluding hydrogens is 504 g/mol. The number of hydrogen-bond acceptors (Lipinski definition) is 15. The molecule has 3 aliphatic heterocycles. The normalized spacial score (nSPS) is 45.3. The van der Waals surface area contributed by atoms with Crippen molar-refractivity contribution >= 4 is 17.9 Å². The van der Waals surface area contributed by atoms with Gasteiger partial charge >= 0.3 is 17.9 Å². The highest BCUT2D eigenvalue weighted by Gasteiger charge is 2.55. The summed E-state index contributed by atoms with van der Waals surface area (Å²) in [6, 6.07) is 0. The third-order valence-electron chi connectivity index (χ3n) is 5.58. The molecule has 0 aromatic carbocycles. The molecule has 3 rings (SSSR count). The first-order valence-electron chi connectivity index (χ1n) is 10.2. The van der Waals surface area contributed by atoms with Gasteiger partial charge in [0.05, 0.1) is 0 Å². The topological polar surface area (TPSA) is 300 Å². The molecule has 0 spiro atoms. The molecule has 13 atom stereocenters. The highest BCUT2D eigenvalue weighted by atomic mass is 16.8. The van der Waals surface area contributed by atoms with E-state index in [4.69, 9.17) is 24.1 Å². The van der Waals surface area contributed by atoms with E-state index >= 15 is 0 Å². The van der Waals surface area contributed by atoms with E-state index in [0.717, 1.165) is 0 Å². The van der Waals surface area contributed by atoms with Crippen LogP contribution in [0.4, 0.5) is 0 Å².